The van der Waals surface area contributed by atoms with E-state index in [9.17, 15) is 8.42 Å². The van der Waals surface area contributed by atoms with E-state index in [0.29, 0.717) is 18.8 Å². The number of nitrogens with two attached hydrogens (primary N) is 1. The number of unbranched alkanes of at least 4 members (excludes halogenated alkanes) is 3. The van der Waals surface area contributed by atoms with Crippen molar-refractivity contribution in [1.29, 1.82) is 0 Å². The van der Waals surface area contributed by atoms with Gasteiger partial charge in [-0.3, -0.25) is 0 Å². The van der Waals surface area contributed by atoms with E-state index in [0.717, 1.165) is 51.9 Å². The maximum absolute atomic E-state index is 12.2. The Morgan fingerprint density at radius 2 is 1.80 bits per heavy atom. The quantitative estimate of drug-likeness (QED) is 0.651. The molecular weight excluding hydrogens is 274 g/mol. The van der Waals surface area contributed by atoms with Gasteiger partial charge in [-0.05, 0) is 45.3 Å². The first-order valence-electron chi connectivity index (χ1n) is 8.00. The molecule has 0 spiro atoms. The second-order valence-electron chi connectivity index (χ2n) is 5.61. The molecule has 2 N–H and O–H groups in total. The van der Waals surface area contributed by atoms with Crippen molar-refractivity contribution in [3.63, 3.8) is 0 Å². The minimum absolute atomic E-state index is 0.306. The third-order valence-electron chi connectivity index (χ3n) is 3.88. The molecule has 0 aromatic rings. The third kappa shape index (κ3) is 6.52. The van der Waals surface area contributed by atoms with E-state index in [4.69, 9.17) is 5.73 Å². The molecule has 0 radical (unpaired) electrons. The molecule has 0 amide bonds. The van der Waals surface area contributed by atoms with Gasteiger partial charge in [0.2, 0.25) is 10.0 Å². The summed E-state index contributed by atoms with van der Waals surface area (Å²) in [6.07, 6.45) is 6.07. The van der Waals surface area contributed by atoms with Crippen LogP contribution in [-0.2, 0) is 10.0 Å². The highest BCUT2D eigenvalue weighted by molar-refractivity contribution is 7.89. The van der Waals surface area contributed by atoms with E-state index in [1.165, 1.54) is 12.8 Å². The Morgan fingerprint density at radius 1 is 1.00 bits per heavy atom. The lowest BCUT2D eigenvalue weighted by molar-refractivity contribution is 0.280. The minimum Gasteiger partial charge on any atom is -0.330 e. The van der Waals surface area contributed by atoms with Gasteiger partial charge in [0, 0.05) is 19.6 Å². The van der Waals surface area contributed by atoms with Crippen LogP contribution in [0.3, 0.4) is 0 Å². The van der Waals surface area contributed by atoms with Crippen molar-refractivity contribution >= 4 is 10.0 Å². The van der Waals surface area contributed by atoms with Crippen LogP contribution in [0.25, 0.3) is 0 Å². The highest BCUT2D eigenvalue weighted by Gasteiger charge is 2.24. The SMILES string of the molecule is CCCCS(=O)(=O)N1CCCN(CCCCCN)CC1. The molecule has 1 aliphatic rings. The summed E-state index contributed by atoms with van der Waals surface area (Å²) in [6, 6.07) is 0. The zero-order valence-electron chi connectivity index (χ0n) is 12.9. The molecule has 1 fully saturated rings. The summed E-state index contributed by atoms with van der Waals surface area (Å²) in [5, 5.41) is 0. The first kappa shape index (κ1) is 17.9. The summed E-state index contributed by atoms with van der Waals surface area (Å²) in [5.74, 6) is 0.306. The van der Waals surface area contributed by atoms with Crippen LogP contribution in [0.2, 0.25) is 0 Å². The predicted molar refractivity (Wildman–Crippen MR) is 84.2 cm³/mol. The van der Waals surface area contributed by atoms with Crippen LogP contribution >= 0.6 is 0 Å². The van der Waals surface area contributed by atoms with Crippen LogP contribution in [0, 0.1) is 0 Å². The van der Waals surface area contributed by atoms with Crippen LogP contribution in [0.5, 0.6) is 0 Å². The van der Waals surface area contributed by atoms with Gasteiger partial charge in [-0.25, -0.2) is 12.7 Å². The average Bonchev–Trinajstić information content (AvgIpc) is 2.67. The van der Waals surface area contributed by atoms with Crippen LogP contribution < -0.4 is 5.73 Å². The zero-order valence-corrected chi connectivity index (χ0v) is 13.7. The number of hydrogen-bond acceptors (Lipinski definition) is 4. The third-order valence-corrected chi connectivity index (χ3v) is 5.83. The lowest BCUT2D eigenvalue weighted by Gasteiger charge is -2.21. The van der Waals surface area contributed by atoms with E-state index in [-0.39, 0.29) is 0 Å². The van der Waals surface area contributed by atoms with Crippen molar-refractivity contribution < 1.29 is 8.42 Å². The van der Waals surface area contributed by atoms with Gasteiger partial charge in [0.1, 0.15) is 0 Å². The fourth-order valence-electron chi connectivity index (χ4n) is 2.56. The van der Waals surface area contributed by atoms with Gasteiger partial charge in [-0.1, -0.05) is 19.8 Å². The van der Waals surface area contributed by atoms with Crippen LogP contribution in [0.4, 0.5) is 0 Å². The lowest BCUT2D eigenvalue weighted by Crippen LogP contribution is -2.36. The molecule has 0 unspecified atom stereocenters. The summed E-state index contributed by atoms with van der Waals surface area (Å²) in [5.41, 5.74) is 5.49. The maximum atomic E-state index is 12.2. The van der Waals surface area contributed by atoms with Gasteiger partial charge in [0.15, 0.2) is 0 Å². The Balaban J connectivity index is 2.35. The molecule has 0 bridgehead atoms. The molecule has 1 saturated heterocycles. The first-order valence-corrected chi connectivity index (χ1v) is 9.61. The molecule has 20 heavy (non-hydrogen) atoms. The second kappa shape index (κ2) is 9.71. The second-order valence-corrected chi connectivity index (χ2v) is 7.70. The highest BCUT2D eigenvalue weighted by atomic mass is 32.2. The van der Waals surface area contributed by atoms with E-state index in [2.05, 4.69) is 4.90 Å². The summed E-state index contributed by atoms with van der Waals surface area (Å²) in [6.45, 7) is 7.10. The van der Waals surface area contributed by atoms with E-state index < -0.39 is 10.0 Å². The van der Waals surface area contributed by atoms with Crippen LogP contribution in [-0.4, -0.2) is 62.6 Å². The molecule has 1 heterocycles. The van der Waals surface area contributed by atoms with Crippen LogP contribution in [0.1, 0.15) is 45.4 Å². The van der Waals surface area contributed by atoms with Gasteiger partial charge < -0.3 is 10.6 Å². The maximum Gasteiger partial charge on any atom is 0.214 e. The predicted octanol–water partition coefficient (Wildman–Crippen LogP) is 1.25. The Kier molecular flexibility index (Phi) is 8.68. The fraction of sp³-hybridized carbons (Fsp3) is 1.00. The van der Waals surface area contributed by atoms with Gasteiger partial charge in [0.05, 0.1) is 5.75 Å². The van der Waals surface area contributed by atoms with E-state index in [1.54, 1.807) is 4.31 Å². The Hall–Kier alpha value is -0.170. The summed E-state index contributed by atoms with van der Waals surface area (Å²) >= 11 is 0. The molecule has 5 nitrogen and oxygen atoms in total. The minimum atomic E-state index is -3.03. The molecule has 0 saturated carbocycles. The topological polar surface area (TPSA) is 66.6 Å². The number of nitrogens with zero attached hydrogens (tertiary/aromatic N) is 2. The van der Waals surface area contributed by atoms with E-state index >= 15 is 0 Å². The van der Waals surface area contributed by atoms with Gasteiger partial charge in [-0.15, -0.1) is 0 Å². The zero-order chi connectivity index (χ0) is 14.8. The van der Waals surface area contributed by atoms with Crippen molar-refractivity contribution in [2.75, 3.05) is 45.0 Å². The Bertz CT molecular complexity index is 346. The van der Waals surface area contributed by atoms with Gasteiger partial charge >= 0.3 is 0 Å². The van der Waals surface area contributed by atoms with Crippen molar-refractivity contribution in [1.82, 2.24) is 9.21 Å². The summed E-state index contributed by atoms with van der Waals surface area (Å²) in [4.78, 5) is 2.39. The monoisotopic (exact) mass is 305 g/mol. The Morgan fingerprint density at radius 3 is 2.50 bits per heavy atom. The smallest absolute Gasteiger partial charge is 0.214 e. The van der Waals surface area contributed by atoms with Gasteiger partial charge in [-0.2, -0.15) is 0 Å². The van der Waals surface area contributed by atoms with Crippen molar-refractivity contribution in [3.8, 4) is 0 Å². The highest BCUT2D eigenvalue weighted by Crippen LogP contribution is 2.11. The molecule has 0 aromatic carbocycles. The molecule has 0 aliphatic carbocycles. The number of sulfonamides is 1. The Labute approximate surface area is 124 Å². The molecule has 1 rings (SSSR count). The molecule has 6 heteroatoms. The molecule has 0 atom stereocenters. The lowest BCUT2D eigenvalue weighted by atomic mass is 10.2. The molecule has 120 valence electrons. The van der Waals surface area contributed by atoms with Crippen molar-refractivity contribution in [2.45, 2.75) is 45.4 Å². The van der Waals surface area contributed by atoms with Crippen molar-refractivity contribution in [2.24, 2.45) is 5.73 Å². The largest absolute Gasteiger partial charge is 0.330 e. The average molecular weight is 305 g/mol. The summed E-state index contributed by atoms with van der Waals surface area (Å²) in [7, 11) is -3.03. The molecule has 1 aliphatic heterocycles. The van der Waals surface area contributed by atoms with Gasteiger partial charge in [0.25, 0.3) is 0 Å². The van der Waals surface area contributed by atoms with E-state index in [1.807, 2.05) is 6.92 Å². The number of hydrogen-bond donors (Lipinski definition) is 1. The van der Waals surface area contributed by atoms with Crippen molar-refractivity contribution in [3.05, 3.63) is 0 Å². The van der Waals surface area contributed by atoms with Crippen LogP contribution in [0.15, 0.2) is 0 Å². The number of rotatable bonds is 9. The molecular formula is C14H31N3O2S. The standard InChI is InChI=1S/C14H31N3O2S/c1-2-3-14-20(18,19)17-11-7-10-16(12-13-17)9-6-4-5-8-15/h2-15H2,1H3. The summed E-state index contributed by atoms with van der Waals surface area (Å²) < 4.78 is 26.1. The fourth-order valence-corrected chi connectivity index (χ4v) is 4.24. The molecule has 0 aromatic heterocycles. The first-order chi connectivity index (χ1) is 9.60. The normalized spacial score (nSPS) is 19.1.